The maximum atomic E-state index is 13.4. The van der Waals surface area contributed by atoms with Crippen LogP contribution in [0.4, 0.5) is 16.2 Å². The molecule has 0 fully saturated rings. The van der Waals surface area contributed by atoms with Crippen LogP contribution in [-0.4, -0.2) is 26.4 Å². The van der Waals surface area contributed by atoms with Gasteiger partial charge in [-0.1, -0.05) is 35.9 Å². The van der Waals surface area contributed by atoms with Gasteiger partial charge in [-0.25, -0.2) is 4.79 Å². The van der Waals surface area contributed by atoms with Crippen LogP contribution in [0.5, 0.6) is 0 Å². The molecule has 0 saturated heterocycles. The van der Waals surface area contributed by atoms with Gasteiger partial charge in [0.2, 0.25) is 0 Å². The van der Waals surface area contributed by atoms with Gasteiger partial charge in [0.05, 0.1) is 6.20 Å². The summed E-state index contributed by atoms with van der Waals surface area (Å²) in [5.74, 6) is -0.338. The van der Waals surface area contributed by atoms with Crippen molar-refractivity contribution in [2.45, 2.75) is 12.6 Å². The Bertz CT molecular complexity index is 1450. The van der Waals surface area contributed by atoms with Gasteiger partial charge in [-0.2, -0.15) is 0 Å². The molecule has 0 spiro atoms. The summed E-state index contributed by atoms with van der Waals surface area (Å²) in [5, 5.41) is 6.30. The van der Waals surface area contributed by atoms with Crippen molar-refractivity contribution in [3.8, 4) is 5.69 Å². The number of nitrogens with one attached hydrogen (secondary N) is 2. The van der Waals surface area contributed by atoms with Crippen molar-refractivity contribution in [1.29, 1.82) is 0 Å². The molecule has 1 aliphatic heterocycles. The van der Waals surface area contributed by atoms with Crippen LogP contribution in [0.1, 0.15) is 17.2 Å². The van der Waals surface area contributed by atoms with E-state index >= 15 is 0 Å². The Morgan fingerprint density at radius 3 is 2.34 bits per heavy atom. The number of anilines is 2. The maximum Gasteiger partial charge on any atom is 0.323 e. The molecule has 0 radical (unpaired) electrons. The summed E-state index contributed by atoms with van der Waals surface area (Å²) in [6.07, 6.45) is 4.33. The molecule has 0 unspecified atom stereocenters. The van der Waals surface area contributed by atoms with E-state index in [9.17, 15) is 14.4 Å². The van der Waals surface area contributed by atoms with Crippen LogP contribution >= 0.6 is 11.6 Å². The van der Waals surface area contributed by atoms with Crippen molar-refractivity contribution in [3.05, 3.63) is 118 Å². The van der Waals surface area contributed by atoms with E-state index in [1.54, 1.807) is 54.7 Å². The molecule has 35 heavy (non-hydrogen) atoms. The highest BCUT2D eigenvalue weighted by atomic mass is 35.5. The molecule has 3 aromatic carbocycles. The Balaban J connectivity index is 1.37. The summed E-state index contributed by atoms with van der Waals surface area (Å²) in [6.45, 7) is 0.303. The highest BCUT2D eigenvalue weighted by Crippen LogP contribution is 2.35. The molecule has 1 atom stereocenters. The standard InChI is InChI=1S/C26H20ClN5O3/c27-18-5-7-20(8-6-18)30-26(35)32-16-17-3-1-2-4-22(17)24(32)25(34)29-19-9-11-21(12-10-19)31-14-13-28-15-23(31)33/h1-15,24H,16H2,(H,29,34)(H,30,35)/t24-/m0/s1. The Hall–Kier alpha value is -4.43. The first-order valence-corrected chi connectivity index (χ1v) is 11.2. The third-order valence-electron chi connectivity index (χ3n) is 5.74. The van der Waals surface area contributed by atoms with Crippen LogP contribution in [-0.2, 0) is 11.3 Å². The molecule has 9 heteroatoms. The number of urea groups is 1. The second-order valence-electron chi connectivity index (χ2n) is 7.99. The molecule has 0 aliphatic carbocycles. The van der Waals surface area contributed by atoms with E-state index in [1.165, 1.54) is 21.9 Å². The third kappa shape index (κ3) is 4.64. The molecule has 2 N–H and O–H groups in total. The fourth-order valence-electron chi connectivity index (χ4n) is 4.06. The van der Waals surface area contributed by atoms with Crippen LogP contribution in [0.15, 0.2) is 96.2 Å². The van der Waals surface area contributed by atoms with Crippen molar-refractivity contribution < 1.29 is 9.59 Å². The highest BCUT2D eigenvalue weighted by Gasteiger charge is 2.38. The number of carbonyl (C=O) groups excluding carboxylic acids is 2. The summed E-state index contributed by atoms with van der Waals surface area (Å²) in [6, 6.07) is 19.9. The average Bonchev–Trinajstić information content (AvgIpc) is 3.26. The number of halogens is 1. The van der Waals surface area contributed by atoms with Gasteiger partial charge in [0.1, 0.15) is 6.04 Å². The minimum Gasteiger partial charge on any atom is -0.324 e. The SMILES string of the molecule is O=C(Nc1ccc(-n2ccncc2=O)cc1)[C@@H]1c2ccccc2CN1C(=O)Nc1ccc(Cl)cc1. The topological polar surface area (TPSA) is 96.3 Å². The van der Waals surface area contributed by atoms with Gasteiger partial charge >= 0.3 is 6.03 Å². The van der Waals surface area contributed by atoms with Crippen molar-refractivity contribution in [3.63, 3.8) is 0 Å². The first kappa shape index (κ1) is 22.4. The lowest BCUT2D eigenvalue weighted by Crippen LogP contribution is -2.39. The Kier molecular flexibility index (Phi) is 6.03. The zero-order valence-electron chi connectivity index (χ0n) is 18.4. The van der Waals surface area contributed by atoms with Gasteiger partial charge in [-0.05, 0) is 59.7 Å². The largest absolute Gasteiger partial charge is 0.324 e. The number of fused-ring (bicyclic) bond motifs is 1. The molecule has 1 aromatic heterocycles. The van der Waals surface area contributed by atoms with E-state index < -0.39 is 12.1 Å². The number of benzene rings is 3. The smallest absolute Gasteiger partial charge is 0.323 e. The van der Waals surface area contributed by atoms with Crippen molar-refractivity contribution >= 4 is 34.9 Å². The van der Waals surface area contributed by atoms with E-state index in [1.807, 2.05) is 24.3 Å². The summed E-state index contributed by atoms with van der Waals surface area (Å²) in [5.41, 5.74) is 3.20. The zero-order chi connectivity index (χ0) is 24.4. The number of aromatic nitrogens is 2. The number of hydrogen-bond donors (Lipinski definition) is 2. The minimum atomic E-state index is -0.805. The van der Waals surface area contributed by atoms with Gasteiger partial charge in [0.15, 0.2) is 0 Å². The molecular formula is C26H20ClN5O3. The minimum absolute atomic E-state index is 0.255. The third-order valence-corrected chi connectivity index (χ3v) is 6.00. The summed E-state index contributed by atoms with van der Waals surface area (Å²) < 4.78 is 1.45. The molecule has 174 valence electrons. The summed E-state index contributed by atoms with van der Waals surface area (Å²) in [7, 11) is 0. The predicted octanol–water partition coefficient (Wildman–Crippen LogP) is 4.61. The highest BCUT2D eigenvalue weighted by molar-refractivity contribution is 6.30. The van der Waals surface area contributed by atoms with Crippen LogP contribution in [0.25, 0.3) is 5.69 Å². The first-order chi connectivity index (χ1) is 17.0. The Labute approximate surface area is 205 Å². The van der Waals surface area contributed by atoms with E-state index in [-0.39, 0.29) is 11.5 Å². The Morgan fingerprint density at radius 1 is 0.914 bits per heavy atom. The second kappa shape index (κ2) is 9.44. The van der Waals surface area contributed by atoms with E-state index in [4.69, 9.17) is 11.6 Å². The van der Waals surface area contributed by atoms with Gasteiger partial charge in [0, 0.05) is 41.0 Å². The quantitative estimate of drug-likeness (QED) is 0.441. The molecule has 5 rings (SSSR count). The number of hydrogen-bond acceptors (Lipinski definition) is 4. The maximum absolute atomic E-state index is 13.4. The van der Waals surface area contributed by atoms with Gasteiger partial charge in [-0.15, -0.1) is 0 Å². The fourth-order valence-corrected chi connectivity index (χ4v) is 4.19. The van der Waals surface area contributed by atoms with Gasteiger partial charge in [-0.3, -0.25) is 19.1 Å². The van der Waals surface area contributed by atoms with Crippen LogP contribution < -0.4 is 16.2 Å². The molecular weight excluding hydrogens is 466 g/mol. The lowest BCUT2D eigenvalue weighted by atomic mass is 10.0. The average molecular weight is 486 g/mol. The first-order valence-electron chi connectivity index (χ1n) is 10.8. The molecule has 0 bridgehead atoms. The van der Waals surface area contributed by atoms with Crippen LogP contribution in [0.2, 0.25) is 5.02 Å². The van der Waals surface area contributed by atoms with Crippen molar-refractivity contribution in [1.82, 2.24) is 14.5 Å². The molecule has 8 nitrogen and oxygen atoms in total. The van der Waals surface area contributed by atoms with E-state index in [0.29, 0.717) is 28.6 Å². The normalized spacial score (nSPS) is 14.3. The van der Waals surface area contributed by atoms with Crippen LogP contribution in [0, 0.1) is 0 Å². The lowest BCUT2D eigenvalue weighted by molar-refractivity contribution is -0.120. The Morgan fingerprint density at radius 2 is 1.60 bits per heavy atom. The molecule has 1 aliphatic rings. The summed E-state index contributed by atoms with van der Waals surface area (Å²) >= 11 is 5.93. The number of amides is 3. The van der Waals surface area contributed by atoms with Gasteiger partial charge in [0.25, 0.3) is 11.5 Å². The second-order valence-corrected chi connectivity index (χ2v) is 8.42. The number of carbonyl (C=O) groups is 2. The van der Waals surface area contributed by atoms with Crippen molar-refractivity contribution in [2.24, 2.45) is 0 Å². The zero-order valence-corrected chi connectivity index (χ0v) is 19.1. The van der Waals surface area contributed by atoms with Gasteiger partial charge < -0.3 is 15.5 Å². The van der Waals surface area contributed by atoms with Crippen LogP contribution in [0.3, 0.4) is 0 Å². The lowest BCUT2D eigenvalue weighted by Gasteiger charge is -2.25. The monoisotopic (exact) mass is 485 g/mol. The van der Waals surface area contributed by atoms with Crippen molar-refractivity contribution in [2.75, 3.05) is 10.6 Å². The number of nitrogens with zero attached hydrogens (tertiary/aromatic N) is 3. The molecule has 0 saturated carbocycles. The number of rotatable bonds is 4. The molecule has 4 aromatic rings. The summed E-state index contributed by atoms with van der Waals surface area (Å²) in [4.78, 5) is 43.8. The predicted molar refractivity (Wildman–Crippen MR) is 134 cm³/mol. The van der Waals surface area contributed by atoms with E-state index in [2.05, 4.69) is 15.6 Å². The fraction of sp³-hybridized carbons (Fsp3) is 0.0769. The molecule has 3 amide bonds. The molecule has 2 heterocycles. The van der Waals surface area contributed by atoms with E-state index in [0.717, 1.165) is 11.1 Å².